The molecule has 1 amide bonds. The summed E-state index contributed by atoms with van der Waals surface area (Å²) in [5.41, 5.74) is 0.185. The third kappa shape index (κ3) is 5.40. The Morgan fingerprint density at radius 1 is 1.37 bits per heavy atom. The Balaban J connectivity index is 2.39. The van der Waals surface area contributed by atoms with Crippen molar-refractivity contribution >= 4 is 12.2 Å². The summed E-state index contributed by atoms with van der Waals surface area (Å²) in [6, 6.07) is 4.75. The number of imidazole rings is 1. The fourth-order valence-electron chi connectivity index (χ4n) is 2.40. The number of ether oxygens (including phenoxy) is 1. The minimum atomic E-state index is -1.26. The Hall–Kier alpha value is -3.16. The fourth-order valence-corrected chi connectivity index (χ4v) is 2.40. The minimum Gasteiger partial charge on any atom is -0.464 e. The monoisotopic (exact) mass is 375 g/mol. The molecule has 0 saturated heterocycles. The molecule has 0 aliphatic carbocycles. The molecule has 0 bridgehead atoms. The summed E-state index contributed by atoms with van der Waals surface area (Å²) in [7, 11) is 0. The van der Waals surface area contributed by atoms with E-state index in [1.807, 2.05) is 0 Å². The normalized spacial score (nSPS) is 12.3. The zero-order valence-electron chi connectivity index (χ0n) is 15.4. The second-order valence-corrected chi connectivity index (χ2v) is 6.87. The van der Waals surface area contributed by atoms with Crippen molar-refractivity contribution in [3.8, 4) is 11.3 Å². The van der Waals surface area contributed by atoms with Gasteiger partial charge >= 0.3 is 12.2 Å². The smallest absolute Gasteiger partial charge is 0.417 e. The van der Waals surface area contributed by atoms with Gasteiger partial charge in [-0.05, 0) is 51.5 Å². The maximum Gasteiger partial charge on any atom is 0.417 e. The van der Waals surface area contributed by atoms with Gasteiger partial charge in [-0.1, -0.05) is 6.08 Å². The predicted octanol–water partition coefficient (Wildman–Crippen LogP) is 4.36. The number of benzene rings is 1. The molecular formula is C19H22FN3O4. The number of nitrogens with zero attached hydrogens (tertiary/aromatic N) is 2. The van der Waals surface area contributed by atoms with E-state index in [2.05, 4.69) is 16.9 Å². The highest BCUT2D eigenvalue weighted by molar-refractivity contribution is 5.73. The highest BCUT2D eigenvalue weighted by Gasteiger charge is 2.25. The largest absolute Gasteiger partial charge is 0.464 e. The van der Waals surface area contributed by atoms with Crippen LogP contribution in [-0.4, -0.2) is 32.4 Å². The lowest BCUT2D eigenvalue weighted by molar-refractivity contribution is 0.0500. The average molecular weight is 375 g/mol. The lowest BCUT2D eigenvalue weighted by atomic mass is 10.1. The minimum absolute atomic E-state index is 0.104. The maximum atomic E-state index is 13.1. The summed E-state index contributed by atoms with van der Waals surface area (Å²) in [6.45, 7) is 8.81. The summed E-state index contributed by atoms with van der Waals surface area (Å²) in [5.74, 6) is -0.305. The number of carbonyl (C=O) groups is 2. The number of amides is 1. The Labute approximate surface area is 156 Å². The van der Waals surface area contributed by atoms with Crippen LogP contribution in [0, 0.1) is 5.82 Å². The molecule has 0 fully saturated rings. The van der Waals surface area contributed by atoms with Gasteiger partial charge in [-0.15, -0.1) is 6.58 Å². The van der Waals surface area contributed by atoms with Gasteiger partial charge in [0.25, 0.3) is 0 Å². The Morgan fingerprint density at radius 3 is 2.52 bits per heavy atom. The molecular weight excluding hydrogens is 353 g/mol. The molecule has 1 atom stereocenters. The van der Waals surface area contributed by atoms with Gasteiger partial charge in [0.05, 0.1) is 11.7 Å². The molecule has 144 valence electrons. The first kappa shape index (κ1) is 20.2. The van der Waals surface area contributed by atoms with Crippen LogP contribution < -0.4 is 5.32 Å². The van der Waals surface area contributed by atoms with Gasteiger partial charge in [0.15, 0.2) is 0 Å². The van der Waals surface area contributed by atoms with Crippen LogP contribution in [0.2, 0.25) is 0 Å². The predicted molar refractivity (Wildman–Crippen MR) is 98.0 cm³/mol. The molecule has 27 heavy (non-hydrogen) atoms. The molecule has 1 aromatic heterocycles. The molecule has 0 saturated carbocycles. The molecule has 0 aliphatic rings. The highest BCUT2D eigenvalue weighted by atomic mass is 19.1. The van der Waals surface area contributed by atoms with Gasteiger partial charge in [0, 0.05) is 11.8 Å². The van der Waals surface area contributed by atoms with E-state index in [1.54, 1.807) is 26.8 Å². The van der Waals surface area contributed by atoms with E-state index in [1.165, 1.54) is 30.5 Å². The zero-order chi connectivity index (χ0) is 20.2. The van der Waals surface area contributed by atoms with E-state index in [9.17, 15) is 19.1 Å². The summed E-state index contributed by atoms with van der Waals surface area (Å²) < 4.78 is 19.3. The maximum absolute atomic E-state index is 13.1. The molecule has 2 aromatic rings. The van der Waals surface area contributed by atoms with E-state index in [0.29, 0.717) is 11.3 Å². The van der Waals surface area contributed by atoms with Crippen molar-refractivity contribution in [3.63, 3.8) is 0 Å². The second-order valence-electron chi connectivity index (χ2n) is 6.87. The van der Waals surface area contributed by atoms with Crippen LogP contribution in [0.3, 0.4) is 0 Å². The van der Waals surface area contributed by atoms with Crippen molar-refractivity contribution in [2.45, 2.75) is 38.8 Å². The average Bonchev–Trinajstić information content (AvgIpc) is 2.99. The van der Waals surface area contributed by atoms with Gasteiger partial charge in [-0.25, -0.2) is 23.5 Å². The summed E-state index contributed by atoms with van der Waals surface area (Å²) in [6.07, 6.45) is 1.15. The van der Waals surface area contributed by atoms with Gasteiger partial charge in [0.1, 0.15) is 17.2 Å². The summed E-state index contributed by atoms with van der Waals surface area (Å²) in [4.78, 5) is 28.1. The third-order valence-corrected chi connectivity index (χ3v) is 3.48. The van der Waals surface area contributed by atoms with Gasteiger partial charge in [0.2, 0.25) is 0 Å². The zero-order valence-corrected chi connectivity index (χ0v) is 15.4. The molecule has 1 heterocycles. The quantitative estimate of drug-likeness (QED) is 0.758. The molecule has 8 heteroatoms. The Bertz CT molecular complexity index is 838. The number of hydrogen-bond acceptors (Lipinski definition) is 4. The topological polar surface area (TPSA) is 93.5 Å². The molecule has 0 radical (unpaired) electrons. The van der Waals surface area contributed by atoms with Crippen molar-refractivity contribution in [3.05, 3.63) is 54.8 Å². The van der Waals surface area contributed by atoms with Crippen molar-refractivity contribution in [1.29, 1.82) is 0 Å². The number of halogens is 1. The van der Waals surface area contributed by atoms with E-state index >= 15 is 0 Å². The van der Waals surface area contributed by atoms with Crippen LogP contribution in [0.15, 0.2) is 43.1 Å². The number of alkyl carbamates (subject to hydrolysis) is 1. The van der Waals surface area contributed by atoms with Crippen LogP contribution in [0.4, 0.5) is 14.0 Å². The van der Waals surface area contributed by atoms with E-state index < -0.39 is 29.6 Å². The molecule has 0 aliphatic heterocycles. The molecule has 1 unspecified atom stereocenters. The number of carbonyl (C=O) groups excluding carboxylic acids is 1. The molecule has 0 spiro atoms. The fraction of sp³-hybridized carbons (Fsp3) is 0.316. The number of nitrogens with one attached hydrogen (secondary N) is 1. The number of hydrogen-bond donors (Lipinski definition) is 2. The first-order valence-electron chi connectivity index (χ1n) is 8.29. The van der Waals surface area contributed by atoms with Crippen LogP contribution in [-0.2, 0) is 4.74 Å². The van der Waals surface area contributed by atoms with Gasteiger partial charge < -0.3 is 15.2 Å². The summed E-state index contributed by atoms with van der Waals surface area (Å²) >= 11 is 0. The highest BCUT2D eigenvalue weighted by Crippen LogP contribution is 2.24. The Kier molecular flexibility index (Phi) is 5.99. The summed E-state index contributed by atoms with van der Waals surface area (Å²) in [5, 5.41) is 12.1. The first-order chi connectivity index (χ1) is 12.6. The van der Waals surface area contributed by atoms with Crippen molar-refractivity contribution in [2.75, 3.05) is 0 Å². The molecule has 2 N–H and O–H groups in total. The lowest BCUT2D eigenvalue weighted by Gasteiger charge is -2.23. The van der Waals surface area contributed by atoms with Crippen LogP contribution in [0.1, 0.15) is 39.1 Å². The van der Waals surface area contributed by atoms with Gasteiger partial charge in [-0.3, -0.25) is 0 Å². The van der Waals surface area contributed by atoms with Gasteiger partial charge in [-0.2, -0.15) is 0 Å². The SMILES string of the molecule is C=CCC(NC(=O)OC(C)(C)C)c1nc(-c2ccc(F)cc2)cn1C(=O)O. The molecule has 1 aromatic carbocycles. The number of rotatable bonds is 5. The van der Waals surface area contributed by atoms with Crippen molar-refractivity contribution in [2.24, 2.45) is 0 Å². The second kappa shape index (κ2) is 8.03. The van der Waals surface area contributed by atoms with Crippen LogP contribution in [0.5, 0.6) is 0 Å². The molecule has 2 rings (SSSR count). The third-order valence-electron chi connectivity index (χ3n) is 3.48. The first-order valence-corrected chi connectivity index (χ1v) is 8.29. The van der Waals surface area contributed by atoms with E-state index in [4.69, 9.17) is 4.74 Å². The Morgan fingerprint density at radius 2 is 2.00 bits per heavy atom. The van der Waals surface area contributed by atoms with E-state index in [-0.39, 0.29) is 12.2 Å². The molecule has 7 nitrogen and oxygen atoms in total. The van der Waals surface area contributed by atoms with E-state index in [0.717, 1.165) is 4.57 Å². The van der Waals surface area contributed by atoms with Crippen molar-refractivity contribution in [1.82, 2.24) is 14.9 Å². The number of carboxylic acid groups (broad SMARTS) is 1. The number of aromatic nitrogens is 2. The van der Waals surface area contributed by atoms with Crippen LogP contribution >= 0.6 is 0 Å². The van der Waals surface area contributed by atoms with Crippen molar-refractivity contribution < 1.29 is 23.8 Å². The standard InChI is InChI=1S/C19H22FN3O4/c1-5-6-14(22-17(24)27-19(2,3)4)16-21-15(11-23(16)18(25)26)12-7-9-13(20)10-8-12/h5,7-11,14H,1,6H2,2-4H3,(H,22,24)(H,25,26). The lowest BCUT2D eigenvalue weighted by Crippen LogP contribution is -2.36. The van der Waals surface area contributed by atoms with Crippen LogP contribution in [0.25, 0.3) is 11.3 Å².